The van der Waals surface area contributed by atoms with Gasteiger partial charge in [0.25, 0.3) is 0 Å². The molecule has 2 heteroatoms. The van der Waals surface area contributed by atoms with Crippen molar-refractivity contribution >= 4 is 11.9 Å². The number of carbonyl (C=O) groups excluding carboxylic acids is 1. The molecular weight excluding hydrogens is 296 g/mol. The predicted octanol–water partition coefficient (Wildman–Crippen LogP) is 4.95. The van der Waals surface area contributed by atoms with Crippen LogP contribution < -0.4 is 0 Å². The van der Waals surface area contributed by atoms with Crippen LogP contribution in [0.2, 0.25) is 0 Å². The molecule has 0 bridgehead atoms. The van der Waals surface area contributed by atoms with E-state index in [4.69, 9.17) is 0 Å². The molecule has 1 aliphatic rings. The van der Waals surface area contributed by atoms with Crippen molar-refractivity contribution in [3.63, 3.8) is 0 Å². The molecule has 0 aliphatic heterocycles. The standard InChI is InChI=1S/C22H24O2/c23-21(18-12-6-2-7-13-18)20-15-9-3-8-14-19(22(20)24)16-17-10-4-1-5-11-17/h1-2,4-7,10-13,16,20-21,23H,3,8-9,14-15H2. The summed E-state index contributed by atoms with van der Waals surface area (Å²) in [5.74, 6) is -0.238. The molecular formula is C22H24O2. The zero-order chi connectivity index (χ0) is 16.8. The highest BCUT2D eigenvalue weighted by atomic mass is 16.3. The third-order valence-electron chi connectivity index (χ3n) is 4.78. The van der Waals surface area contributed by atoms with E-state index < -0.39 is 6.10 Å². The van der Waals surface area contributed by atoms with Gasteiger partial charge in [0.05, 0.1) is 12.0 Å². The molecule has 1 aliphatic carbocycles. The molecule has 0 amide bonds. The molecule has 0 aromatic heterocycles. The number of Topliss-reactive ketones (excluding diaryl/α,β-unsaturated/α-hetero) is 1. The summed E-state index contributed by atoms with van der Waals surface area (Å²) in [5.41, 5.74) is 2.73. The first-order valence-corrected chi connectivity index (χ1v) is 8.78. The maximum absolute atomic E-state index is 13.1. The van der Waals surface area contributed by atoms with Crippen molar-refractivity contribution in [3.8, 4) is 0 Å². The van der Waals surface area contributed by atoms with Crippen LogP contribution in [0.3, 0.4) is 0 Å². The number of benzene rings is 2. The summed E-state index contributed by atoms with van der Waals surface area (Å²) in [6.07, 6.45) is 5.97. The number of hydrogen-bond acceptors (Lipinski definition) is 2. The van der Waals surface area contributed by atoms with Crippen molar-refractivity contribution in [2.45, 2.75) is 38.2 Å². The third-order valence-corrected chi connectivity index (χ3v) is 4.78. The topological polar surface area (TPSA) is 37.3 Å². The fourth-order valence-electron chi connectivity index (χ4n) is 3.43. The average Bonchev–Trinajstić information content (AvgIpc) is 2.63. The molecule has 124 valence electrons. The summed E-state index contributed by atoms with van der Waals surface area (Å²) < 4.78 is 0. The second-order valence-electron chi connectivity index (χ2n) is 6.51. The Balaban J connectivity index is 1.88. The van der Waals surface area contributed by atoms with Crippen LogP contribution in [-0.4, -0.2) is 10.9 Å². The Bertz CT molecular complexity index is 688. The van der Waals surface area contributed by atoms with Crippen LogP contribution in [0.1, 0.15) is 49.3 Å². The van der Waals surface area contributed by atoms with Crippen molar-refractivity contribution in [2.24, 2.45) is 5.92 Å². The molecule has 1 saturated carbocycles. The molecule has 1 fully saturated rings. The van der Waals surface area contributed by atoms with Crippen LogP contribution in [-0.2, 0) is 4.79 Å². The number of carbonyl (C=O) groups is 1. The largest absolute Gasteiger partial charge is 0.388 e. The van der Waals surface area contributed by atoms with Crippen molar-refractivity contribution in [1.29, 1.82) is 0 Å². The minimum Gasteiger partial charge on any atom is -0.388 e. The van der Waals surface area contributed by atoms with Gasteiger partial charge < -0.3 is 5.11 Å². The summed E-state index contributed by atoms with van der Waals surface area (Å²) in [5, 5.41) is 10.8. The van der Waals surface area contributed by atoms with E-state index in [0.717, 1.165) is 48.8 Å². The molecule has 2 atom stereocenters. The molecule has 2 aromatic rings. The van der Waals surface area contributed by atoms with Crippen LogP contribution in [0.5, 0.6) is 0 Å². The van der Waals surface area contributed by atoms with E-state index in [1.165, 1.54) is 0 Å². The lowest BCUT2D eigenvalue weighted by Gasteiger charge is -2.25. The summed E-state index contributed by atoms with van der Waals surface area (Å²) >= 11 is 0. The zero-order valence-corrected chi connectivity index (χ0v) is 13.9. The van der Waals surface area contributed by atoms with Gasteiger partial charge in [-0.2, -0.15) is 0 Å². The van der Waals surface area contributed by atoms with Crippen molar-refractivity contribution in [1.82, 2.24) is 0 Å². The normalized spacial score (nSPS) is 22.0. The number of hydrogen-bond donors (Lipinski definition) is 1. The van der Waals surface area contributed by atoms with Gasteiger partial charge in [-0.3, -0.25) is 4.79 Å². The Morgan fingerprint density at radius 3 is 2.29 bits per heavy atom. The first-order chi connectivity index (χ1) is 11.8. The van der Waals surface area contributed by atoms with Crippen LogP contribution in [0.25, 0.3) is 6.08 Å². The van der Waals surface area contributed by atoms with Gasteiger partial charge in [0, 0.05) is 0 Å². The summed E-state index contributed by atoms with van der Waals surface area (Å²) in [6, 6.07) is 19.5. The lowest BCUT2D eigenvalue weighted by Crippen LogP contribution is -2.25. The molecule has 2 unspecified atom stereocenters. The first-order valence-electron chi connectivity index (χ1n) is 8.78. The minimum absolute atomic E-state index is 0.106. The molecule has 2 aromatic carbocycles. The summed E-state index contributed by atoms with van der Waals surface area (Å²) in [4.78, 5) is 13.1. The van der Waals surface area contributed by atoms with E-state index >= 15 is 0 Å². The van der Waals surface area contributed by atoms with Gasteiger partial charge in [-0.05, 0) is 42.0 Å². The number of ketones is 1. The molecule has 24 heavy (non-hydrogen) atoms. The highest BCUT2D eigenvalue weighted by Crippen LogP contribution is 2.33. The van der Waals surface area contributed by atoms with E-state index in [1.807, 2.05) is 66.7 Å². The van der Waals surface area contributed by atoms with Gasteiger partial charge in [0.1, 0.15) is 0 Å². The van der Waals surface area contributed by atoms with Gasteiger partial charge in [-0.1, -0.05) is 73.5 Å². The van der Waals surface area contributed by atoms with Crippen molar-refractivity contribution in [2.75, 3.05) is 0 Å². The van der Waals surface area contributed by atoms with Crippen LogP contribution in [0.15, 0.2) is 66.2 Å². The molecule has 0 spiro atoms. The fourth-order valence-corrected chi connectivity index (χ4v) is 3.43. The number of allylic oxidation sites excluding steroid dienone is 1. The monoisotopic (exact) mass is 320 g/mol. The maximum atomic E-state index is 13.1. The summed E-state index contributed by atoms with van der Waals surface area (Å²) in [7, 11) is 0. The molecule has 0 radical (unpaired) electrons. The van der Waals surface area contributed by atoms with E-state index in [1.54, 1.807) is 0 Å². The van der Waals surface area contributed by atoms with Gasteiger partial charge in [-0.15, -0.1) is 0 Å². The second-order valence-corrected chi connectivity index (χ2v) is 6.51. The van der Waals surface area contributed by atoms with Crippen LogP contribution in [0, 0.1) is 5.92 Å². The van der Waals surface area contributed by atoms with E-state index in [9.17, 15) is 9.90 Å². The van der Waals surface area contributed by atoms with E-state index in [0.29, 0.717) is 0 Å². The molecule has 1 N–H and O–H groups in total. The molecule has 0 heterocycles. The minimum atomic E-state index is -0.726. The average molecular weight is 320 g/mol. The van der Waals surface area contributed by atoms with Crippen LogP contribution >= 0.6 is 0 Å². The summed E-state index contributed by atoms with van der Waals surface area (Å²) in [6.45, 7) is 0. The third kappa shape index (κ3) is 4.01. The van der Waals surface area contributed by atoms with Gasteiger partial charge >= 0.3 is 0 Å². The Morgan fingerprint density at radius 2 is 1.58 bits per heavy atom. The SMILES string of the molecule is O=C1C(=Cc2ccccc2)CCCCCC1C(O)c1ccccc1. The smallest absolute Gasteiger partial charge is 0.164 e. The van der Waals surface area contributed by atoms with E-state index in [2.05, 4.69) is 0 Å². The highest BCUT2D eigenvalue weighted by Gasteiger charge is 2.30. The Hall–Kier alpha value is -2.19. The highest BCUT2D eigenvalue weighted by molar-refractivity contribution is 6.01. The lowest BCUT2D eigenvalue weighted by atomic mass is 9.81. The van der Waals surface area contributed by atoms with Gasteiger partial charge in [0.2, 0.25) is 0 Å². The Kier molecular flexibility index (Phi) is 5.60. The second kappa shape index (κ2) is 8.07. The molecule has 0 saturated heterocycles. The first kappa shape index (κ1) is 16.7. The Morgan fingerprint density at radius 1 is 0.917 bits per heavy atom. The predicted molar refractivity (Wildman–Crippen MR) is 97.4 cm³/mol. The lowest BCUT2D eigenvalue weighted by molar-refractivity contribution is -0.123. The molecule has 2 nitrogen and oxygen atoms in total. The van der Waals surface area contributed by atoms with E-state index in [-0.39, 0.29) is 11.7 Å². The quantitative estimate of drug-likeness (QED) is 0.812. The number of aliphatic hydroxyl groups is 1. The van der Waals surface area contributed by atoms with Gasteiger partial charge in [-0.25, -0.2) is 0 Å². The van der Waals surface area contributed by atoms with Gasteiger partial charge in [0.15, 0.2) is 5.78 Å². The number of rotatable bonds is 3. The Labute approximate surface area is 143 Å². The maximum Gasteiger partial charge on any atom is 0.164 e. The molecule has 3 rings (SSSR count). The fraction of sp³-hybridized carbons (Fsp3) is 0.318. The van der Waals surface area contributed by atoms with Crippen molar-refractivity contribution < 1.29 is 9.90 Å². The number of aliphatic hydroxyl groups excluding tert-OH is 1. The van der Waals surface area contributed by atoms with Crippen LogP contribution in [0.4, 0.5) is 0 Å². The zero-order valence-electron chi connectivity index (χ0n) is 13.9. The van der Waals surface area contributed by atoms with Crippen molar-refractivity contribution in [3.05, 3.63) is 77.4 Å².